The molecule has 3 heterocycles. The minimum atomic E-state index is 0.471. The van der Waals surface area contributed by atoms with Crippen LogP contribution in [0.4, 0.5) is 0 Å². The van der Waals surface area contributed by atoms with Gasteiger partial charge in [-0.05, 0) is 12.8 Å². The van der Waals surface area contributed by atoms with E-state index in [1.54, 1.807) is 23.1 Å². The van der Waals surface area contributed by atoms with Crippen LogP contribution < -0.4 is 0 Å². The lowest BCUT2D eigenvalue weighted by Crippen LogP contribution is -2.04. The number of rotatable bonds is 4. The minimum Gasteiger partial charge on any atom is -0.416 e. The summed E-state index contributed by atoms with van der Waals surface area (Å²) in [6.45, 7) is 0. The highest BCUT2D eigenvalue weighted by Gasteiger charge is 2.21. The first kappa shape index (κ1) is 13.3. The first-order chi connectivity index (χ1) is 10.4. The van der Waals surface area contributed by atoms with E-state index in [9.17, 15) is 0 Å². The molecular formula is C14H16N4OS2. The van der Waals surface area contributed by atoms with Gasteiger partial charge >= 0.3 is 0 Å². The third-order valence-electron chi connectivity index (χ3n) is 3.86. The van der Waals surface area contributed by atoms with Crippen LogP contribution in [0.1, 0.15) is 49.6 Å². The smallest absolute Gasteiger partial charge is 0.276 e. The predicted octanol–water partition coefficient (Wildman–Crippen LogP) is 4.12. The molecule has 0 unspecified atom stereocenters. The van der Waals surface area contributed by atoms with Crippen molar-refractivity contribution in [2.75, 3.05) is 0 Å². The van der Waals surface area contributed by atoms with E-state index in [0.29, 0.717) is 11.1 Å². The first-order valence-corrected chi connectivity index (χ1v) is 9.12. The van der Waals surface area contributed by atoms with E-state index < -0.39 is 0 Å². The molecule has 3 aromatic heterocycles. The van der Waals surface area contributed by atoms with Gasteiger partial charge in [-0.1, -0.05) is 31.0 Å². The Hall–Kier alpha value is -1.34. The number of fused-ring (bicyclic) bond motifs is 1. The van der Waals surface area contributed by atoms with Crippen LogP contribution in [0.15, 0.2) is 27.4 Å². The number of thioether (sulfide) groups is 1. The molecule has 1 aliphatic carbocycles. The molecule has 0 atom stereocenters. The molecule has 0 saturated heterocycles. The lowest BCUT2D eigenvalue weighted by molar-refractivity contribution is 0.334. The second kappa shape index (κ2) is 5.81. The lowest BCUT2D eigenvalue weighted by Gasteiger charge is -2.17. The lowest BCUT2D eigenvalue weighted by atomic mass is 9.89. The Morgan fingerprint density at radius 1 is 1.29 bits per heavy atom. The van der Waals surface area contributed by atoms with Gasteiger partial charge in [-0.3, -0.25) is 4.40 Å². The molecule has 7 heteroatoms. The number of imidazole rings is 1. The van der Waals surface area contributed by atoms with Crippen LogP contribution in [-0.4, -0.2) is 19.6 Å². The molecule has 1 saturated carbocycles. The van der Waals surface area contributed by atoms with Crippen LogP contribution in [-0.2, 0) is 5.75 Å². The summed E-state index contributed by atoms with van der Waals surface area (Å²) >= 11 is 3.21. The maximum atomic E-state index is 5.81. The zero-order chi connectivity index (χ0) is 14.1. The number of thiazole rings is 1. The molecule has 0 aromatic carbocycles. The number of nitrogens with zero attached hydrogens (tertiary/aromatic N) is 4. The molecule has 0 spiro atoms. The van der Waals surface area contributed by atoms with Crippen LogP contribution in [0.2, 0.25) is 0 Å². The molecule has 5 nitrogen and oxygen atoms in total. The fourth-order valence-corrected chi connectivity index (χ4v) is 4.15. The Labute approximate surface area is 130 Å². The van der Waals surface area contributed by atoms with Gasteiger partial charge in [-0.2, -0.15) is 0 Å². The van der Waals surface area contributed by atoms with Gasteiger partial charge in [-0.25, -0.2) is 4.98 Å². The fourth-order valence-electron chi connectivity index (χ4n) is 2.77. The third-order valence-corrected chi connectivity index (χ3v) is 5.49. The average molecular weight is 320 g/mol. The van der Waals surface area contributed by atoms with Crippen LogP contribution in [0, 0.1) is 0 Å². The van der Waals surface area contributed by atoms with E-state index >= 15 is 0 Å². The first-order valence-electron chi connectivity index (χ1n) is 7.26. The van der Waals surface area contributed by atoms with Crippen molar-refractivity contribution in [3.63, 3.8) is 0 Å². The van der Waals surface area contributed by atoms with E-state index in [1.807, 2.05) is 16.0 Å². The van der Waals surface area contributed by atoms with Gasteiger partial charge in [0.25, 0.3) is 5.22 Å². The number of hydrogen-bond donors (Lipinski definition) is 0. The molecule has 4 rings (SSSR count). The molecule has 1 fully saturated rings. The normalized spacial score (nSPS) is 16.8. The highest BCUT2D eigenvalue weighted by atomic mass is 32.2. The fraction of sp³-hybridized carbons (Fsp3) is 0.500. The molecule has 21 heavy (non-hydrogen) atoms. The van der Waals surface area contributed by atoms with Gasteiger partial charge in [0.1, 0.15) is 0 Å². The predicted molar refractivity (Wildman–Crippen MR) is 82.8 cm³/mol. The summed E-state index contributed by atoms with van der Waals surface area (Å²) in [5.74, 6) is 2.06. The topological polar surface area (TPSA) is 56.2 Å². The van der Waals surface area contributed by atoms with Crippen LogP contribution in [0.5, 0.6) is 0 Å². The summed E-state index contributed by atoms with van der Waals surface area (Å²) in [5.41, 5.74) is 1.05. The third kappa shape index (κ3) is 2.85. The Balaban J connectivity index is 1.40. The van der Waals surface area contributed by atoms with Crippen molar-refractivity contribution in [2.45, 2.75) is 49.0 Å². The zero-order valence-corrected chi connectivity index (χ0v) is 13.2. The Morgan fingerprint density at radius 3 is 3.05 bits per heavy atom. The molecule has 110 valence electrons. The largest absolute Gasteiger partial charge is 0.416 e. The van der Waals surface area contributed by atoms with Crippen molar-refractivity contribution < 1.29 is 4.42 Å². The Bertz CT molecular complexity index is 698. The summed E-state index contributed by atoms with van der Waals surface area (Å²) in [6.07, 6.45) is 10.3. The highest BCUT2D eigenvalue weighted by Crippen LogP contribution is 2.33. The zero-order valence-electron chi connectivity index (χ0n) is 11.6. The quantitative estimate of drug-likeness (QED) is 0.677. The van der Waals surface area contributed by atoms with E-state index in [2.05, 4.69) is 21.4 Å². The van der Waals surface area contributed by atoms with Crippen molar-refractivity contribution in [1.82, 2.24) is 19.6 Å². The van der Waals surface area contributed by atoms with Crippen molar-refractivity contribution in [2.24, 2.45) is 0 Å². The van der Waals surface area contributed by atoms with Crippen molar-refractivity contribution in [3.05, 3.63) is 29.4 Å². The van der Waals surface area contributed by atoms with Gasteiger partial charge < -0.3 is 4.42 Å². The molecule has 3 aromatic rings. The van der Waals surface area contributed by atoms with Crippen LogP contribution in [0.25, 0.3) is 4.96 Å². The maximum absolute atomic E-state index is 5.81. The second-order valence-electron chi connectivity index (χ2n) is 5.35. The van der Waals surface area contributed by atoms with Crippen molar-refractivity contribution in [1.29, 1.82) is 0 Å². The SMILES string of the molecule is c1cn2cc(CSc3nnc(C4CCCCC4)o3)nc2s1. The van der Waals surface area contributed by atoms with Gasteiger partial charge in [-0.15, -0.1) is 21.5 Å². The van der Waals surface area contributed by atoms with E-state index in [-0.39, 0.29) is 0 Å². The van der Waals surface area contributed by atoms with Gasteiger partial charge in [0, 0.05) is 29.4 Å². The standard InChI is InChI=1S/C14H16N4OS2/c1-2-4-10(5-3-1)12-16-17-14(19-12)21-9-11-8-18-6-7-20-13(18)15-11/h6-8,10H,1-5,9H2. The molecule has 0 aliphatic heterocycles. The van der Waals surface area contributed by atoms with Gasteiger partial charge in [0.2, 0.25) is 5.89 Å². The average Bonchev–Trinajstić information content (AvgIpc) is 3.21. The molecular weight excluding hydrogens is 304 g/mol. The summed E-state index contributed by atoms with van der Waals surface area (Å²) in [7, 11) is 0. The monoisotopic (exact) mass is 320 g/mol. The Morgan fingerprint density at radius 2 is 2.19 bits per heavy atom. The molecule has 0 N–H and O–H groups in total. The number of aromatic nitrogens is 4. The second-order valence-corrected chi connectivity index (χ2v) is 7.15. The van der Waals surface area contributed by atoms with Crippen molar-refractivity contribution in [3.8, 4) is 0 Å². The summed E-state index contributed by atoms with van der Waals surface area (Å²) in [6, 6.07) is 0. The number of hydrogen-bond acceptors (Lipinski definition) is 6. The van der Waals surface area contributed by atoms with Gasteiger partial charge in [0.05, 0.1) is 5.69 Å². The van der Waals surface area contributed by atoms with E-state index in [0.717, 1.165) is 22.3 Å². The maximum Gasteiger partial charge on any atom is 0.276 e. The molecule has 0 amide bonds. The summed E-state index contributed by atoms with van der Waals surface area (Å²) in [5, 5.41) is 11.1. The van der Waals surface area contributed by atoms with E-state index in [4.69, 9.17) is 4.42 Å². The van der Waals surface area contributed by atoms with Gasteiger partial charge in [0.15, 0.2) is 4.96 Å². The summed E-state index contributed by atoms with van der Waals surface area (Å²) < 4.78 is 7.85. The molecule has 0 bridgehead atoms. The minimum absolute atomic E-state index is 0.471. The van der Waals surface area contributed by atoms with Crippen LogP contribution >= 0.6 is 23.1 Å². The molecule has 0 radical (unpaired) electrons. The van der Waals surface area contributed by atoms with E-state index in [1.165, 1.54) is 32.1 Å². The van der Waals surface area contributed by atoms with Crippen molar-refractivity contribution >= 4 is 28.1 Å². The highest BCUT2D eigenvalue weighted by molar-refractivity contribution is 7.98. The van der Waals surface area contributed by atoms with Crippen LogP contribution in [0.3, 0.4) is 0 Å². The molecule has 1 aliphatic rings. The summed E-state index contributed by atoms with van der Waals surface area (Å²) in [4.78, 5) is 5.58. The Kier molecular flexibility index (Phi) is 3.69.